The van der Waals surface area contributed by atoms with Crippen LogP contribution in [-0.4, -0.2) is 12.3 Å². The first kappa shape index (κ1) is 11.2. The van der Waals surface area contributed by atoms with Crippen LogP contribution in [0.5, 0.6) is 0 Å². The summed E-state index contributed by atoms with van der Waals surface area (Å²) in [5.74, 6) is 1.23. The monoisotopic (exact) mass is 234 g/mol. The van der Waals surface area contributed by atoms with Gasteiger partial charge in [0.1, 0.15) is 6.17 Å². The fourth-order valence-electron chi connectivity index (χ4n) is 3.20. The molecule has 1 nitrogen and oxygen atoms in total. The molecule has 0 aromatic heterocycles. The van der Waals surface area contributed by atoms with Crippen molar-refractivity contribution in [2.75, 3.05) is 0 Å². The van der Waals surface area contributed by atoms with Gasteiger partial charge in [-0.05, 0) is 36.7 Å². The second kappa shape index (κ2) is 4.77. The van der Waals surface area contributed by atoms with E-state index >= 15 is 0 Å². The number of alkyl halides is 1. The van der Waals surface area contributed by atoms with Gasteiger partial charge in [-0.25, -0.2) is 4.39 Å². The Morgan fingerprint density at radius 2 is 1.94 bits per heavy atom. The van der Waals surface area contributed by atoms with Gasteiger partial charge in [0.25, 0.3) is 0 Å². The molecule has 0 aliphatic heterocycles. The molecule has 0 saturated heterocycles. The molecule has 0 radical (unpaired) electrons. The van der Waals surface area contributed by atoms with E-state index in [4.69, 9.17) is 4.74 Å². The van der Waals surface area contributed by atoms with Crippen molar-refractivity contribution >= 4 is 0 Å². The summed E-state index contributed by atoms with van der Waals surface area (Å²) >= 11 is 0. The molecule has 92 valence electrons. The summed E-state index contributed by atoms with van der Waals surface area (Å²) < 4.78 is 19.5. The van der Waals surface area contributed by atoms with E-state index in [9.17, 15) is 4.39 Å². The Kier molecular flexibility index (Phi) is 3.15. The third-order valence-electron chi connectivity index (χ3n) is 4.31. The second-order valence-electron chi connectivity index (χ2n) is 5.41. The van der Waals surface area contributed by atoms with E-state index in [1.54, 1.807) is 0 Å². The molecule has 1 aromatic carbocycles. The van der Waals surface area contributed by atoms with Gasteiger partial charge in [-0.3, -0.25) is 0 Å². The molecule has 0 amide bonds. The molecule has 4 unspecified atom stereocenters. The Morgan fingerprint density at radius 1 is 1.12 bits per heavy atom. The molecule has 0 bridgehead atoms. The highest BCUT2D eigenvalue weighted by Crippen LogP contribution is 2.47. The van der Waals surface area contributed by atoms with Crippen LogP contribution in [-0.2, 0) is 11.3 Å². The molecule has 2 saturated carbocycles. The fraction of sp³-hybridized carbons (Fsp3) is 0.600. The molecule has 4 atom stereocenters. The molecule has 2 heteroatoms. The van der Waals surface area contributed by atoms with Crippen LogP contribution in [0, 0.1) is 11.8 Å². The summed E-state index contributed by atoms with van der Waals surface area (Å²) in [6.07, 6.45) is 3.33. The summed E-state index contributed by atoms with van der Waals surface area (Å²) in [5, 5.41) is 0. The first-order chi connectivity index (χ1) is 8.33. The predicted molar refractivity (Wildman–Crippen MR) is 65.4 cm³/mol. The standard InChI is InChI=1S/C15H19FO/c16-13-8-12-6-7-14(12)15(9-13)17-10-11-4-2-1-3-5-11/h1-5,12-15H,6-10H2. The quantitative estimate of drug-likeness (QED) is 0.774. The van der Waals surface area contributed by atoms with Crippen molar-refractivity contribution in [1.82, 2.24) is 0 Å². The molecule has 3 rings (SSSR count). The van der Waals surface area contributed by atoms with Gasteiger partial charge < -0.3 is 4.74 Å². The van der Waals surface area contributed by atoms with Crippen molar-refractivity contribution in [2.24, 2.45) is 11.8 Å². The zero-order valence-corrected chi connectivity index (χ0v) is 10.0. The highest BCUT2D eigenvalue weighted by molar-refractivity contribution is 5.13. The first-order valence-corrected chi connectivity index (χ1v) is 6.62. The van der Waals surface area contributed by atoms with Gasteiger partial charge in [0, 0.05) is 6.42 Å². The van der Waals surface area contributed by atoms with E-state index in [2.05, 4.69) is 12.1 Å². The summed E-state index contributed by atoms with van der Waals surface area (Å²) in [4.78, 5) is 0. The summed E-state index contributed by atoms with van der Waals surface area (Å²) in [7, 11) is 0. The topological polar surface area (TPSA) is 9.23 Å². The number of fused-ring (bicyclic) bond motifs is 1. The Balaban J connectivity index is 1.57. The van der Waals surface area contributed by atoms with Gasteiger partial charge >= 0.3 is 0 Å². The van der Waals surface area contributed by atoms with Crippen molar-refractivity contribution in [1.29, 1.82) is 0 Å². The van der Waals surface area contributed by atoms with Crippen LogP contribution < -0.4 is 0 Å². The van der Waals surface area contributed by atoms with E-state index in [0.717, 1.165) is 6.42 Å². The van der Waals surface area contributed by atoms with Crippen LogP contribution in [0.15, 0.2) is 30.3 Å². The Hall–Kier alpha value is -0.890. The maximum atomic E-state index is 13.5. The van der Waals surface area contributed by atoms with Crippen molar-refractivity contribution in [2.45, 2.75) is 44.6 Å². The number of benzene rings is 1. The Labute approximate surface area is 102 Å². The van der Waals surface area contributed by atoms with Crippen molar-refractivity contribution in [3.63, 3.8) is 0 Å². The van der Waals surface area contributed by atoms with Gasteiger partial charge in [-0.15, -0.1) is 0 Å². The highest BCUT2D eigenvalue weighted by atomic mass is 19.1. The van der Waals surface area contributed by atoms with Crippen LogP contribution in [0.3, 0.4) is 0 Å². The van der Waals surface area contributed by atoms with Gasteiger partial charge in [-0.2, -0.15) is 0 Å². The minimum Gasteiger partial charge on any atom is -0.373 e. The molecule has 0 N–H and O–H groups in total. The molecule has 0 heterocycles. The lowest BCUT2D eigenvalue weighted by atomic mass is 9.63. The van der Waals surface area contributed by atoms with Crippen LogP contribution >= 0.6 is 0 Å². The van der Waals surface area contributed by atoms with E-state index < -0.39 is 6.17 Å². The van der Waals surface area contributed by atoms with Gasteiger partial charge in [0.2, 0.25) is 0 Å². The fourth-order valence-corrected chi connectivity index (χ4v) is 3.20. The van der Waals surface area contributed by atoms with E-state index in [-0.39, 0.29) is 6.10 Å². The molecular weight excluding hydrogens is 215 g/mol. The molecular formula is C15H19FO. The second-order valence-corrected chi connectivity index (χ2v) is 5.41. The number of rotatable bonds is 3. The average Bonchev–Trinajstić information content (AvgIpc) is 2.32. The summed E-state index contributed by atoms with van der Waals surface area (Å²) in [6.45, 7) is 0.626. The largest absolute Gasteiger partial charge is 0.373 e. The maximum absolute atomic E-state index is 13.5. The maximum Gasteiger partial charge on any atom is 0.103 e. The lowest BCUT2D eigenvalue weighted by Crippen LogP contribution is -2.44. The molecule has 1 aromatic rings. The molecule has 0 spiro atoms. The van der Waals surface area contributed by atoms with E-state index in [1.165, 1.54) is 18.4 Å². The van der Waals surface area contributed by atoms with E-state index in [1.807, 2.05) is 18.2 Å². The highest BCUT2D eigenvalue weighted by Gasteiger charge is 2.43. The zero-order valence-electron chi connectivity index (χ0n) is 10.0. The predicted octanol–water partition coefficient (Wildman–Crippen LogP) is 3.73. The zero-order chi connectivity index (χ0) is 11.7. The number of hydrogen-bond donors (Lipinski definition) is 0. The number of halogens is 1. The van der Waals surface area contributed by atoms with Gasteiger partial charge in [0.15, 0.2) is 0 Å². The summed E-state index contributed by atoms with van der Waals surface area (Å²) in [5.41, 5.74) is 1.18. The number of hydrogen-bond acceptors (Lipinski definition) is 1. The normalized spacial score (nSPS) is 36.1. The average molecular weight is 234 g/mol. The van der Waals surface area contributed by atoms with E-state index in [0.29, 0.717) is 24.9 Å². The van der Waals surface area contributed by atoms with Crippen molar-refractivity contribution in [3.05, 3.63) is 35.9 Å². The first-order valence-electron chi connectivity index (χ1n) is 6.62. The van der Waals surface area contributed by atoms with Gasteiger partial charge in [0.05, 0.1) is 12.7 Å². The lowest BCUT2D eigenvalue weighted by molar-refractivity contribution is -0.0991. The molecule has 2 aliphatic carbocycles. The van der Waals surface area contributed by atoms with Crippen LogP contribution in [0.1, 0.15) is 31.2 Å². The van der Waals surface area contributed by atoms with Crippen molar-refractivity contribution < 1.29 is 9.13 Å². The third-order valence-corrected chi connectivity index (χ3v) is 4.31. The smallest absolute Gasteiger partial charge is 0.103 e. The SMILES string of the molecule is FC1CC2CCC2C(OCc2ccccc2)C1. The van der Waals surface area contributed by atoms with Crippen LogP contribution in [0.2, 0.25) is 0 Å². The van der Waals surface area contributed by atoms with Gasteiger partial charge in [-0.1, -0.05) is 30.3 Å². The van der Waals surface area contributed by atoms with Crippen LogP contribution in [0.25, 0.3) is 0 Å². The van der Waals surface area contributed by atoms with Crippen LogP contribution in [0.4, 0.5) is 4.39 Å². The Bertz CT molecular complexity index is 364. The number of ether oxygens (including phenoxy) is 1. The minimum absolute atomic E-state index is 0.151. The lowest BCUT2D eigenvalue weighted by Gasteiger charge is -2.46. The Morgan fingerprint density at radius 3 is 2.65 bits per heavy atom. The molecule has 2 aliphatic rings. The third kappa shape index (κ3) is 2.37. The van der Waals surface area contributed by atoms with Crippen molar-refractivity contribution in [3.8, 4) is 0 Å². The molecule has 2 fully saturated rings. The summed E-state index contributed by atoms with van der Waals surface area (Å²) in [6, 6.07) is 10.2. The molecule has 17 heavy (non-hydrogen) atoms. The minimum atomic E-state index is -0.641.